The molecule has 0 aromatic heterocycles. The molecule has 4 heteroatoms. The fraction of sp³-hybridized carbons (Fsp3) is 0.800. The number of rotatable bonds is 2. The number of thioether (sulfide) groups is 1. The molecule has 1 fully saturated rings. The molecule has 1 N–H and O–H groups in total. The number of carbonyl (C=O) groups is 1. The second-order valence-electron chi connectivity index (χ2n) is 4.07. The van der Waals surface area contributed by atoms with Crippen LogP contribution in [0.1, 0.15) is 25.7 Å². The van der Waals surface area contributed by atoms with Crippen molar-refractivity contribution in [3.05, 3.63) is 0 Å². The van der Waals surface area contributed by atoms with Gasteiger partial charge in [0.15, 0.2) is 12.6 Å². The van der Waals surface area contributed by atoms with Gasteiger partial charge in [-0.1, -0.05) is 11.8 Å². The summed E-state index contributed by atoms with van der Waals surface area (Å²) in [4.78, 5) is 10.9. The summed E-state index contributed by atoms with van der Waals surface area (Å²) in [7, 11) is 0. The lowest BCUT2D eigenvalue weighted by atomic mass is 9.92. The van der Waals surface area contributed by atoms with Crippen LogP contribution in [0.25, 0.3) is 0 Å². The molecule has 1 aliphatic carbocycles. The van der Waals surface area contributed by atoms with Gasteiger partial charge in [0.2, 0.25) is 5.04 Å². The summed E-state index contributed by atoms with van der Waals surface area (Å²) in [6, 6.07) is 0.641. The van der Waals surface area contributed by atoms with E-state index in [-0.39, 0.29) is 5.92 Å². The molecule has 1 unspecified atom stereocenters. The van der Waals surface area contributed by atoms with Crippen molar-refractivity contribution >= 4 is 22.8 Å². The SMILES string of the molecule is CSC1=[N+](C2CCC2)CC(C(=O)O)C1. The number of nitrogens with zero attached hydrogens (tertiary/aromatic N) is 1. The molecule has 2 aliphatic rings. The third kappa shape index (κ3) is 1.67. The Morgan fingerprint density at radius 1 is 1.57 bits per heavy atom. The minimum Gasteiger partial charge on any atom is -0.481 e. The van der Waals surface area contributed by atoms with Crippen molar-refractivity contribution < 1.29 is 14.5 Å². The normalized spacial score (nSPS) is 27.9. The molecule has 0 radical (unpaired) electrons. The van der Waals surface area contributed by atoms with Crippen LogP contribution in [0.15, 0.2) is 0 Å². The molecule has 2 rings (SSSR count). The van der Waals surface area contributed by atoms with Crippen molar-refractivity contribution in [2.75, 3.05) is 12.8 Å². The lowest BCUT2D eigenvalue weighted by Gasteiger charge is -2.22. The lowest BCUT2D eigenvalue weighted by Crippen LogP contribution is -2.34. The predicted molar refractivity (Wildman–Crippen MR) is 57.0 cm³/mol. The first-order valence-corrected chi connectivity index (χ1v) is 6.34. The molecule has 0 spiro atoms. The van der Waals surface area contributed by atoms with Gasteiger partial charge in [0.05, 0.1) is 6.42 Å². The van der Waals surface area contributed by atoms with E-state index in [0.717, 1.165) is 13.0 Å². The van der Waals surface area contributed by atoms with Crippen LogP contribution < -0.4 is 0 Å². The Kier molecular flexibility index (Phi) is 2.81. The smallest absolute Gasteiger partial charge is 0.313 e. The zero-order chi connectivity index (χ0) is 10.1. The van der Waals surface area contributed by atoms with Crippen molar-refractivity contribution in [3.63, 3.8) is 0 Å². The van der Waals surface area contributed by atoms with Crippen molar-refractivity contribution in [1.82, 2.24) is 0 Å². The van der Waals surface area contributed by atoms with Gasteiger partial charge in [-0.2, -0.15) is 0 Å². The van der Waals surface area contributed by atoms with Crippen molar-refractivity contribution in [2.45, 2.75) is 31.7 Å². The molecular formula is C10H16NO2S+. The first-order chi connectivity index (χ1) is 6.72. The number of hydrogen-bond acceptors (Lipinski definition) is 2. The Balaban J connectivity index is 2.07. The van der Waals surface area contributed by atoms with E-state index in [1.54, 1.807) is 11.8 Å². The molecule has 0 aromatic rings. The number of aliphatic carboxylic acids is 1. The maximum absolute atomic E-state index is 10.9. The molecule has 0 bridgehead atoms. The topological polar surface area (TPSA) is 40.3 Å². The maximum Gasteiger partial charge on any atom is 0.313 e. The van der Waals surface area contributed by atoms with Crippen molar-refractivity contribution in [2.24, 2.45) is 5.92 Å². The summed E-state index contributed by atoms with van der Waals surface area (Å²) in [5.74, 6) is -0.809. The molecule has 0 saturated heterocycles. The molecule has 1 aliphatic heterocycles. The third-order valence-corrected chi connectivity index (χ3v) is 4.13. The van der Waals surface area contributed by atoms with Crippen LogP contribution in [0.2, 0.25) is 0 Å². The van der Waals surface area contributed by atoms with E-state index in [4.69, 9.17) is 5.11 Å². The largest absolute Gasteiger partial charge is 0.481 e. The summed E-state index contributed by atoms with van der Waals surface area (Å²) in [6.07, 6.45) is 6.59. The van der Waals surface area contributed by atoms with Gasteiger partial charge in [-0.25, -0.2) is 4.58 Å². The Labute approximate surface area is 88.2 Å². The second kappa shape index (κ2) is 3.93. The Hall–Kier alpha value is -0.510. The molecule has 0 aromatic carbocycles. The minimum absolute atomic E-state index is 0.168. The maximum atomic E-state index is 10.9. The Morgan fingerprint density at radius 3 is 2.71 bits per heavy atom. The number of carboxylic acids is 1. The third-order valence-electron chi connectivity index (χ3n) is 3.26. The van der Waals surface area contributed by atoms with Gasteiger partial charge in [-0.3, -0.25) is 4.79 Å². The van der Waals surface area contributed by atoms with Crippen LogP contribution in [0.3, 0.4) is 0 Å². The van der Waals surface area contributed by atoms with Gasteiger partial charge in [0.1, 0.15) is 5.92 Å². The minimum atomic E-state index is -0.640. The van der Waals surface area contributed by atoms with Crippen molar-refractivity contribution in [3.8, 4) is 0 Å². The number of carboxylic acid groups (broad SMARTS) is 1. The highest BCUT2D eigenvalue weighted by molar-refractivity contribution is 8.13. The average Bonchev–Trinajstić information content (AvgIpc) is 2.45. The molecular weight excluding hydrogens is 198 g/mol. The van der Waals surface area contributed by atoms with E-state index in [1.165, 1.54) is 24.3 Å². The molecule has 1 atom stereocenters. The van der Waals surface area contributed by atoms with E-state index in [1.807, 2.05) is 6.26 Å². The highest BCUT2D eigenvalue weighted by Crippen LogP contribution is 2.29. The van der Waals surface area contributed by atoms with Crippen LogP contribution in [-0.2, 0) is 4.79 Å². The zero-order valence-corrected chi connectivity index (χ0v) is 9.22. The summed E-state index contributed by atoms with van der Waals surface area (Å²) in [5.41, 5.74) is 0. The standard InChI is InChI=1S/C10H15NO2S/c1-14-9-5-7(10(12)13)6-11(9)8-3-2-4-8/h7-8H,2-6H2,1H3/p+1. The van der Waals surface area contributed by atoms with Crippen LogP contribution in [-0.4, -0.2) is 39.5 Å². The predicted octanol–water partition coefficient (Wildman–Crippen LogP) is 1.42. The quantitative estimate of drug-likeness (QED) is 0.707. The van der Waals surface area contributed by atoms with Crippen LogP contribution >= 0.6 is 11.8 Å². The van der Waals surface area contributed by atoms with E-state index in [2.05, 4.69) is 4.58 Å². The van der Waals surface area contributed by atoms with Crippen LogP contribution in [0, 0.1) is 5.92 Å². The van der Waals surface area contributed by atoms with E-state index >= 15 is 0 Å². The molecule has 0 amide bonds. The highest BCUT2D eigenvalue weighted by Gasteiger charge is 2.41. The van der Waals surface area contributed by atoms with Gasteiger partial charge < -0.3 is 5.11 Å². The summed E-state index contributed by atoms with van der Waals surface area (Å²) >= 11 is 1.72. The average molecular weight is 214 g/mol. The fourth-order valence-electron chi connectivity index (χ4n) is 2.15. The van der Waals surface area contributed by atoms with Gasteiger partial charge in [0.25, 0.3) is 0 Å². The van der Waals surface area contributed by atoms with Gasteiger partial charge in [-0.05, 0) is 12.7 Å². The van der Waals surface area contributed by atoms with Gasteiger partial charge in [0, 0.05) is 12.8 Å². The van der Waals surface area contributed by atoms with E-state index in [9.17, 15) is 4.79 Å². The molecule has 78 valence electrons. The Morgan fingerprint density at radius 2 is 2.29 bits per heavy atom. The molecule has 3 nitrogen and oxygen atoms in total. The summed E-state index contributed by atoms with van der Waals surface area (Å²) in [5, 5.41) is 10.2. The number of hydrogen-bond donors (Lipinski definition) is 1. The first-order valence-electron chi connectivity index (χ1n) is 5.11. The lowest BCUT2D eigenvalue weighted by molar-refractivity contribution is -0.572. The van der Waals surface area contributed by atoms with Crippen LogP contribution in [0.5, 0.6) is 0 Å². The highest BCUT2D eigenvalue weighted by atomic mass is 32.2. The van der Waals surface area contributed by atoms with Crippen LogP contribution in [0.4, 0.5) is 0 Å². The summed E-state index contributed by atoms with van der Waals surface area (Å²) in [6.45, 7) is 0.732. The second-order valence-corrected chi connectivity index (χ2v) is 4.95. The van der Waals surface area contributed by atoms with Gasteiger partial charge >= 0.3 is 5.97 Å². The monoisotopic (exact) mass is 214 g/mol. The fourth-order valence-corrected chi connectivity index (χ4v) is 2.97. The molecule has 1 heterocycles. The van der Waals surface area contributed by atoms with Crippen molar-refractivity contribution in [1.29, 1.82) is 0 Å². The zero-order valence-electron chi connectivity index (χ0n) is 8.40. The molecule has 14 heavy (non-hydrogen) atoms. The first kappa shape index (κ1) is 10.0. The summed E-state index contributed by atoms with van der Waals surface area (Å²) < 4.78 is 2.33. The van der Waals surface area contributed by atoms with E-state index < -0.39 is 5.97 Å². The Bertz CT molecular complexity index is 284. The van der Waals surface area contributed by atoms with Gasteiger partial charge in [-0.15, -0.1) is 0 Å². The molecule has 1 saturated carbocycles. The van der Waals surface area contributed by atoms with E-state index in [0.29, 0.717) is 6.04 Å².